The van der Waals surface area contributed by atoms with Crippen LogP contribution in [0.5, 0.6) is 0 Å². The molecular formula is C15H11Cl2N3. The van der Waals surface area contributed by atoms with E-state index in [4.69, 9.17) is 23.2 Å². The Labute approximate surface area is 126 Å². The Balaban J connectivity index is 2.02. The van der Waals surface area contributed by atoms with Crippen molar-refractivity contribution in [3.63, 3.8) is 0 Å². The molecule has 0 aliphatic rings. The van der Waals surface area contributed by atoms with Crippen LogP contribution in [0, 0.1) is 6.92 Å². The van der Waals surface area contributed by atoms with Crippen molar-refractivity contribution in [1.82, 2.24) is 15.2 Å². The number of halogens is 2. The lowest BCUT2D eigenvalue weighted by Gasteiger charge is -2.05. The van der Waals surface area contributed by atoms with Crippen molar-refractivity contribution in [2.45, 2.75) is 6.92 Å². The van der Waals surface area contributed by atoms with E-state index in [9.17, 15) is 0 Å². The van der Waals surface area contributed by atoms with E-state index >= 15 is 0 Å². The van der Waals surface area contributed by atoms with Gasteiger partial charge >= 0.3 is 0 Å². The molecule has 0 aliphatic carbocycles. The monoisotopic (exact) mass is 303 g/mol. The average Bonchev–Trinajstić information content (AvgIpc) is 2.88. The predicted octanol–water partition coefficient (Wildman–Crippen LogP) is 4.75. The van der Waals surface area contributed by atoms with Crippen molar-refractivity contribution >= 4 is 23.2 Å². The van der Waals surface area contributed by atoms with Crippen LogP contribution in [0.4, 0.5) is 0 Å². The molecule has 3 rings (SSSR count). The Bertz CT molecular complexity index is 748. The predicted molar refractivity (Wildman–Crippen MR) is 82.0 cm³/mol. The van der Waals surface area contributed by atoms with Gasteiger partial charge in [0, 0.05) is 11.8 Å². The van der Waals surface area contributed by atoms with Crippen molar-refractivity contribution in [2.24, 2.45) is 0 Å². The van der Waals surface area contributed by atoms with E-state index in [1.54, 1.807) is 6.07 Å². The fraction of sp³-hybridized carbons (Fsp3) is 0.0667. The molecule has 3 aromatic rings. The van der Waals surface area contributed by atoms with Gasteiger partial charge in [-0.05, 0) is 36.8 Å². The second kappa shape index (κ2) is 5.27. The number of aromatic amines is 1. The third-order valence-corrected chi connectivity index (χ3v) is 3.92. The minimum absolute atomic E-state index is 0.493. The van der Waals surface area contributed by atoms with E-state index in [1.165, 1.54) is 0 Å². The molecule has 2 aromatic heterocycles. The van der Waals surface area contributed by atoms with Crippen LogP contribution in [0.2, 0.25) is 10.0 Å². The first-order valence-electron chi connectivity index (χ1n) is 6.09. The molecule has 3 nitrogen and oxygen atoms in total. The first kappa shape index (κ1) is 13.2. The summed E-state index contributed by atoms with van der Waals surface area (Å²) in [5.41, 5.74) is 4.38. The fourth-order valence-electron chi connectivity index (χ4n) is 2.03. The standard InChI is InChI=1S/C15H11Cl2N3/c1-9-7-8-18-15(9)13-6-5-12(19-20-13)10-3-2-4-11(16)14(10)17/h2-8,18H,1H3. The molecule has 0 amide bonds. The molecular weight excluding hydrogens is 293 g/mol. The zero-order chi connectivity index (χ0) is 14.1. The SMILES string of the molecule is Cc1cc[nH]c1-c1ccc(-c2cccc(Cl)c2Cl)nn1. The van der Waals surface area contributed by atoms with Crippen LogP contribution in [-0.2, 0) is 0 Å². The third-order valence-electron chi connectivity index (χ3n) is 3.10. The minimum atomic E-state index is 0.493. The van der Waals surface area contributed by atoms with Crippen LogP contribution in [0.15, 0.2) is 42.6 Å². The molecule has 1 N–H and O–H groups in total. The van der Waals surface area contributed by atoms with Gasteiger partial charge in [-0.1, -0.05) is 35.3 Å². The van der Waals surface area contributed by atoms with Crippen molar-refractivity contribution in [2.75, 3.05) is 0 Å². The Hall–Kier alpha value is -1.84. The second-order valence-electron chi connectivity index (χ2n) is 4.44. The summed E-state index contributed by atoms with van der Waals surface area (Å²) in [5.74, 6) is 0. The lowest BCUT2D eigenvalue weighted by molar-refractivity contribution is 1.04. The first-order valence-corrected chi connectivity index (χ1v) is 6.85. The molecule has 0 aliphatic heterocycles. The van der Waals surface area contributed by atoms with Gasteiger partial charge in [-0.3, -0.25) is 0 Å². The summed E-state index contributed by atoms with van der Waals surface area (Å²) in [6, 6.07) is 11.3. The highest BCUT2D eigenvalue weighted by Gasteiger charge is 2.10. The maximum absolute atomic E-state index is 6.19. The number of rotatable bonds is 2. The molecule has 0 saturated carbocycles. The average molecular weight is 304 g/mol. The summed E-state index contributed by atoms with van der Waals surface area (Å²) in [6.07, 6.45) is 1.88. The van der Waals surface area contributed by atoms with E-state index in [2.05, 4.69) is 15.2 Å². The van der Waals surface area contributed by atoms with Crippen LogP contribution in [0.1, 0.15) is 5.56 Å². The molecule has 5 heteroatoms. The van der Waals surface area contributed by atoms with E-state index in [-0.39, 0.29) is 0 Å². The number of aryl methyl sites for hydroxylation is 1. The summed E-state index contributed by atoms with van der Waals surface area (Å²) >= 11 is 12.2. The maximum Gasteiger partial charge on any atom is 0.109 e. The molecule has 0 bridgehead atoms. The summed E-state index contributed by atoms with van der Waals surface area (Å²) in [6.45, 7) is 2.02. The number of H-pyrrole nitrogens is 1. The normalized spacial score (nSPS) is 10.8. The lowest BCUT2D eigenvalue weighted by atomic mass is 10.1. The van der Waals surface area contributed by atoms with Gasteiger partial charge in [0.25, 0.3) is 0 Å². The van der Waals surface area contributed by atoms with Crippen molar-refractivity contribution in [3.05, 3.63) is 58.2 Å². The molecule has 0 saturated heterocycles. The first-order chi connectivity index (χ1) is 9.66. The highest BCUT2D eigenvalue weighted by molar-refractivity contribution is 6.43. The number of hydrogen-bond donors (Lipinski definition) is 1. The largest absolute Gasteiger partial charge is 0.360 e. The topological polar surface area (TPSA) is 41.6 Å². The van der Waals surface area contributed by atoms with Gasteiger partial charge in [0.05, 0.1) is 21.4 Å². The zero-order valence-electron chi connectivity index (χ0n) is 10.7. The van der Waals surface area contributed by atoms with Crippen molar-refractivity contribution in [1.29, 1.82) is 0 Å². The highest BCUT2D eigenvalue weighted by atomic mass is 35.5. The van der Waals surface area contributed by atoms with Gasteiger partial charge in [0.2, 0.25) is 0 Å². The Morgan fingerprint density at radius 3 is 2.35 bits per heavy atom. The van der Waals surface area contributed by atoms with Gasteiger partial charge in [0.1, 0.15) is 5.69 Å². The zero-order valence-corrected chi connectivity index (χ0v) is 12.2. The van der Waals surface area contributed by atoms with E-state index in [0.29, 0.717) is 15.7 Å². The molecule has 0 atom stereocenters. The summed E-state index contributed by atoms with van der Waals surface area (Å²) in [7, 11) is 0. The maximum atomic E-state index is 6.19. The van der Waals surface area contributed by atoms with Gasteiger partial charge in [-0.15, -0.1) is 10.2 Å². The molecule has 0 unspecified atom stereocenters. The number of nitrogens with zero attached hydrogens (tertiary/aromatic N) is 2. The number of hydrogen-bond acceptors (Lipinski definition) is 2. The van der Waals surface area contributed by atoms with Gasteiger partial charge in [-0.2, -0.15) is 0 Å². The van der Waals surface area contributed by atoms with Gasteiger partial charge in [-0.25, -0.2) is 0 Å². The summed E-state index contributed by atoms with van der Waals surface area (Å²) in [4.78, 5) is 3.15. The van der Waals surface area contributed by atoms with Gasteiger partial charge in [0.15, 0.2) is 0 Å². The summed E-state index contributed by atoms with van der Waals surface area (Å²) < 4.78 is 0. The smallest absolute Gasteiger partial charge is 0.109 e. The Morgan fingerprint density at radius 2 is 1.70 bits per heavy atom. The minimum Gasteiger partial charge on any atom is -0.360 e. The van der Waals surface area contributed by atoms with Crippen LogP contribution in [0.3, 0.4) is 0 Å². The van der Waals surface area contributed by atoms with E-state index in [1.807, 2.05) is 43.5 Å². The fourth-order valence-corrected chi connectivity index (χ4v) is 2.43. The van der Waals surface area contributed by atoms with Crippen LogP contribution >= 0.6 is 23.2 Å². The van der Waals surface area contributed by atoms with Crippen LogP contribution in [0.25, 0.3) is 22.6 Å². The molecule has 1 aromatic carbocycles. The molecule has 20 heavy (non-hydrogen) atoms. The number of benzene rings is 1. The molecule has 0 radical (unpaired) electrons. The van der Waals surface area contributed by atoms with Crippen LogP contribution in [-0.4, -0.2) is 15.2 Å². The molecule has 2 heterocycles. The van der Waals surface area contributed by atoms with E-state index < -0.39 is 0 Å². The van der Waals surface area contributed by atoms with Crippen LogP contribution < -0.4 is 0 Å². The lowest BCUT2D eigenvalue weighted by Crippen LogP contribution is -1.92. The quantitative estimate of drug-likeness (QED) is 0.742. The van der Waals surface area contributed by atoms with E-state index in [0.717, 1.165) is 22.5 Å². The van der Waals surface area contributed by atoms with Crippen molar-refractivity contribution < 1.29 is 0 Å². The Kier molecular flexibility index (Phi) is 3.47. The van der Waals surface area contributed by atoms with Crippen molar-refractivity contribution in [3.8, 4) is 22.6 Å². The van der Waals surface area contributed by atoms with Gasteiger partial charge < -0.3 is 4.98 Å². The summed E-state index contributed by atoms with van der Waals surface area (Å²) in [5, 5.41) is 9.48. The molecule has 0 fully saturated rings. The Morgan fingerprint density at radius 1 is 0.950 bits per heavy atom. The molecule has 100 valence electrons. The number of nitrogens with one attached hydrogen (secondary N) is 1. The third kappa shape index (κ3) is 2.30. The number of aromatic nitrogens is 3. The highest BCUT2D eigenvalue weighted by Crippen LogP contribution is 2.32. The second-order valence-corrected chi connectivity index (χ2v) is 5.23. The molecule has 0 spiro atoms.